The molecule has 0 heterocycles. The molecule has 0 N–H and O–H groups in total. The van der Waals surface area contributed by atoms with Crippen molar-refractivity contribution in [2.45, 2.75) is 83.8 Å². The molecule has 1 aliphatic carbocycles. The highest BCUT2D eigenvalue weighted by Gasteiger charge is 2.19. The molecule has 0 aromatic heterocycles. The van der Waals surface area contributed by atoms with E-state index in [0.717, 1.165) is 19.4 Å². The summed E-state index contributed by atoms with van der Waals surface area (Å²) in [6.07, 6.45) is 20.5. The average Bonchev–Trinajstić information content (AvgIpc) is 2.71. The quantitative estimate of drug-likeness (QED) is 0.242. The first kappa shape index (κ1) is 21.5. The molecule has 0 spiro atoms. The Labute approximate surface area is 165 Å². The van der Waals surface area contributed by atoms with E-state index in [1.54, 1.807) is 0 Å². The number of hydrogen-bond acceptors (Lipinski definition) is 2. The van der Waals surface area contributed by atoms with E-state index < -0.39 is 0 Å². The Morgan fingerprint density at radius 2 is 1.67 bits per heavy atom. The molecule has 0 atom stereocenters. The molecule has 0 radical (unpaired) electrons. The SMILES string of the molecule is CCCCCCCc1ccc(CO[C@H]2CC[C@H](C=CC=CC#N)CC2)cc1. The molecule has 0 aliphatic heterocycles. The topological polar surface area (TPSA) is 33.0 Å². The number of unbranched alkanes of at least 4 members (excludes halogenated alkanes) is 4. The molecule has 2 rings (SSSR count). The molecule has 0 amide bonds. The fraction of sp³-hybridized carbons (Fsp3) is 0.560. The monoisotopic (exact) mass is 365 g/mol. The third kappa shape index (κ3) is 9.07. The Morgan fingerprint density at radius 1 is 0.963 bits per heavy atom. The van der Waals surface area contributed by atoms with Crippen molar-refractivity contribution in [1.82, 2.24) is 0 Å². The van der Waals surface area contributed by atoms with Crippen molar-refractivity contribution in [1.29, 1.82) is 5.26 Å². The van der Waals surface area contributed by atoms with Gasteiger partial charge in [0.15, 0.2) is 0 Å². The molecule has 0 bridgehead atoms. The van der Waals surface area contributed by atoms with Crippen LogP contribution in [-0.4, -0.2) is 6.10 Å². The second-order valence-electron chi connectivity index (χ2n) is 7.70. The molecule has 1 aromatic rings. The minimum Gasteiger partial charge on any atom is -0.374 e. The zero-order chi connectivity index (χ0) is 19.2. The number of ether oxygens (including phenoxy) is 1. The smallest absolute Gasteiger partial charge is 0.0912 e. The van der Waals surface area contributed by atoms with Crippen LogP contribution < -0.4 is 0 Å². The lowest BCUT2D eigenvalue weighted by atomic mass is 9.87. The number of benzene rings is 1. The van der Waals surface area contributed by atoms with Crippen molar-refractivity contribution in [3.05, 3.63) is 59.7 Å². The van der Waals surface area contributed by atoms with Crippen molar-refractivity contribution in [3.8, 4) is 6.07 Å². The van der Waals surface area contributed by atoms with Crippen LogP contribution in [0.4, 0.5) is 0 Å². The summed E-state index contributed by atoms with van der Waals surface area (Å²) in [5.74, 6) is 0.629. The fourth-order valence-electron chi connectivity index (χ4n) is 3.72. The van der Waals surface area contributed by atoms with Gasteiger partial charge in [0.25, 0.3) is 0 Å². The summed E-state index contributed by atoms with van der Waals surface area (Å²) in [5.41, 5.74) is 2.74. The molecule has 0 saturated heterocycles. The van der Waals surface area contributed by atoms with Crippen molar-refractivity contribution in [2.75, 3.05) is 0 Å². The molecule has 0 unspecified atom stereocenters. The highest BCUT2D eigenvalue weighted by atomic mass is 16.5. The van der Waals surface area contributed by atoms with Crippen molar-refractivity contribution in [3.63, 3.8) is 0 Å². The lowest BCUT2D eigenvalue weighted by Crippen LogP contribution is -2.20. The summed E-state index contributed by atoms with van der Waals surface area (Å²) in [4.78, 5) is 0. The molecule has 2 heteroatoms. The number of hydrogen-bond donors (Lipinski definition) is 0. The van der Waals surface area contributed by atoms with Crippen LogP contribution in [0.15, 0.2) is 48.6 Å². The molecular weight excluding hydrogens is 330 g/mol. The molecular formula is C25H35NO. The van der Waals surface area contributed by atoms with Crippen LogP contribution in [0.3, 0.4) is 0 Å². The Balaban J connectivity index is 1.62. The number of rotatable bonds is 11. The van der Waals surface area contributed by atoms with Crippen LogP contribution in [0, 0.1) is 17.2 Å². The number of aryl methyl sites for hydroxylation is 1. The van der Waals surface area contributed by atoms with Gasteiger partial charge in [0.1, 0.15) is 0 Å². The van der Waals surface area contributed by atoms with Gasteiger partial charge in [-0.1, -0.05) is 75.1 Å². The number of nitriles is 1. The van der Waals surface area contributed by atoms with Gasteiger partial charge in [0.05, 0.1) is 18.8 Å². The van der Waals surface area contributed by atoms with Crippen molar-refractivity contribution < 1.29 is 4.74 Å². The zero-order valence-electron chi connectivity index (χ0n) is 16.9. The zero-order valence-corrected chi connectivity index (χ0v) is 16.9. The van der Waals surface area contributed by atoms with E-state index >= 15 is 0 Å². The van der Waals surface area contributed by atoms with Crippen LogP contribution in [0.5, 0.6) is 0 Å². The van der Waals surface area contributed by atoms with Gasteiger partial charge in [0, 0.05) is 6.08 Å². The third-order valence-corrected chi connectivity index (χ3v) is 5.46. The van der Waals surface area contributed by atoms with E-state index in [1.807, 2.05) is 18.2 Å². The van der Waals surface area contributed by atoms with E-state index in [4.69, 9.17) is 10.00 Å². The predicted molar refractivity (Wildman–Crippen MR) is 113 cm³/mol. The van der Waals surface area contributed by atoms with Gasteiger partial charge >= 0.3 is 0 Å². The highest BCUT2D eigenvalue weighted by molar-refractivity contribution is 5.22. The van der Waals surface area contributed by atoms with Crippen molar-refractivity contribution in [2.24, 2.45) is 5.92 Å². The van der Waals surface area contributed by atoms with E-state index in [0.29, 0.717) is 12.0 Å². The summed E-state index contributed by atoms with van der Waals surface area (Å²) in [6.45, 7) is 2.99. The first-order chi connectivity index (χ1) is 13.3. The second-order valence-corrected chi connectivity index (χ2v) is 7.70. The van der Waals surface area contributed by atoms with Crippen LogP contribution in [-0.2, 0) is 17.8 Å². The third-order valence-electron chi connectivity index (χ3n) is 5.46. The summed E-state index contributed by atoms with van der Waals surface area (Å²) in [5, 5.41) is 8.49. The van der Waals surface area contributed by atoms with Gasteiger partial charge in [-0.25, -0.2) is 0 Å². The maximum atomic E-state index is 8.49. The van der Waals surface area contributed by atoms with E-state index in [9.17, 15) is 0 Å². The molecule has 1 saturated carbocycles. The van der Waals surface area contributed by atoms with Gasteiger partial charge in [-0.05, 0) is 55.6 Å². The minimum absolute atomic E-state index is 0.391. The first-order valence-electron chi connectivity index (χ1n) is 10.7. The molecule has 2 nitrogen and oxygen atoms in total. The summed E-state index contributed by atoms with van der Waals surface area (Å²) in [6, 6.07) is 11.0. The normalized spacial score (nSPS) is 20.3. The molecule has 1 fully saturated rings. The standard InChI is InChI=1S/C25H35NO/c1-2-3-4-5-7-10-22-12-14-24(15-13-22)21-27-25-18-16-23(17-19-25)11-8-6-9-20-26/h6,8-9,11-15,23,25H,2-5,7,10,16-19,21H2,1H3/t23-,25-. The van der Waals surface area contributed by atoms with Crippen molar-refractivity contribution >= 4 is 0 Å². The fourth-order valence-corrected chi connectivity index (χ4v) is 3.72. The summed E-state index contributed by atoms with van der Waals surface area (Å²) < 4.78 is 6.14. The van der Waals surface area contributed by atoms with Gasteiger partial charge < -0.3 is 4.74 Å². The lowest BCUT2D eigenvalue weighted by molar-refractivity contribution is 0.0110. The maximum absolute atomic E-state index is 8.49. The van der Waals surface area contributed by atoms with Gasteiger partial charge in [-0.2, -0.15) is 5.26 Å². The summed E-state index contributed by atoms with van der Waals surface area (Å²) in [7, 11) is 0. The molecule has 146 valence electrons. The van der Waals surface area contributed by atoms with Gasteiger partial charge in [-0.15, -0.1) is 0 Å². The second kappa shape index (κ2) is 13.3. The highest BCUT2D eigenvalue weighted by Crippen LogP contribution is 2.27. The number of nitrogens with zero attached hydrogens (tertiary/aromatic N) is 1. The predicted octanol–water partition coefficient (Wildman–Crippen LogP) is 6.91. The average molecular weight is 366 g/mol. The van der Waals surface area contributed by atoms with Crippen LogP contribution in [0.2, 0.25) is 0 Å². The molecule has 27 heavy (non-hydrogen) atoms. The van der Waals surface area contributed by atoms with E-state index in [2.05, 4.69) is 37.3 Å². The number of allylic oxidation sites excluding steroid dienone is 4. The lowest BCUT2D eigenvalue weighted by Gasteiger charge is -2.26. The van der Waals surface area contributed by atoms with E-state index in [-0.39, 0.29) is 0 Å². The minimum atomic E-state index is 0.391. The Kier molecular flexibility index (Phi) is 10.6. The summed E-state index contributed by atoms with van der Waals surface area (Å²) >= 11 is 0. The van der Waals surface area contributed by atoms with E-state index in [1.165, 1.54) is 68.6 Å². The van der Waals surface area contributed by atoms with Crippen LogP contribution >= 0.6 is 0 Å². The Morgan fingerprint density at radius 3 is 2.37 bits per heavy atom. The molecule has 1 aromatic carbocycles. The van der Waals surface area contributed by atoms with Crippen LogP contribution in [0.1, 0.15) is 75.8 Å². The Bertz CT molecular complexity index is 600. The first-order valence-corrected chi connectivity index (χ1v) is 10.7. The van der Waals surface area contributed by atoms with Gasteiger partial charge in [0.2, 0.25) is 0 Å². The molecule has 1 aliphatic rings. The Hall–Kier alpha value is -1.85. The van der Waals surface area contributed by atoms with Crippen LogP contribution in [0.25, 0.3) is 0 Å². The van der Waals surface area contributed by atoms with Gasteiger partial charge in [-0.3, -0.25) is 0 Å². The maximum Gasteiger partial charge on any atom is 0.0912 e. The largest absolute Gasteiger partial charge is 0.374 e.